The lowest BCUT2D eigenvalue weighted by Crippen LogP contribution is -2.44. The van der Waals surface area contributed by atoms with Gasteiger partial charge in [0.25, 0.3) is 0 Å². The van der Waals surface area contributed by atoms with E-state index in [1.54, 1.807) is 27.7 Å². The number of carboxylic acid groups (broad SMARTS) is 2. The Labute approximate surface area is 371 Å². The Morgan fingerprint density at radius 2 is 0.500 bits per heavy atom. The normalized spacial score (nSPS) is 13.3. The van der Waals surface area contributed by atoms with Gasteiger partial charge in [-0.2, -0.15) is 0 Å². The fraction of sp³-hybridized carbons (Fsp3) is 0.960. The second-order valence-electron chi connectivity index (χ2n) is 18.1. The molecule has 0 spiro atoms. The topological polar surface area (TPSA) is 162 Å². The van der Waals surface area contributed by atoms with Crippen LogP contribution in [0.1, 0.15) is 247 Å². The van der Waals surface area contributed by atoms with Crippen molar-refractivity contribution in [3.05, 3.63) is 0 Å². The van der Waals surface area contributed by atoms with Crippen LogP contribution in [0.25, 0.3) is 0 Å². The molecule has 0 bridgehead atoms. The van der Waals surface area contributed by atoms with Crippen LogP contribution < -0.4 is 0 Å². The Balaban J connectivity index is -0.000000812. The molecule has 0 radical (unpaired) electrons. The van der Waals surface area contributed by atoms with E-state index in [1.807, 2.05) is 9.80 Å². The largest absolute Gasteiger partial charge is 0.481 e. The number of aliphatic hydroxyl groups excluding tert-OH is 4. The van der Waals surface area contributed by atoms with Crippen LogP contribution in [0.4, 0.5) is 0 Å². The molecular formula is C50H104N2O8. The van der Waals surface area contributed by atoms with Crippen molar-refractivity contribution in [1.82, 2.24) is 9.80 Å². The zero-order valence-electron chi connectivity index (χ0n) is 40.6. The van der Waals surface area contributed by atoms with Crippen molar-refractivity contribution in [2.45, 2.75) is 271 Å². The highest BCUT2D eigenvalue weighted by Crippen LogP contribution is 2.15. The molecular weight excluding hydrogens is 757 g/mol. The first-order valence-corrected chi connectivity index (χ1v) is 25.3. The summed E-state index contributed by atoms with van der Waals surface area (Å²) in [5.74, 6) is -1.31. The minimum atomic E-state index is -0.653. The van der Waals surface area contributed by atoms with Crippen molar-refractivity contribution in [3.8, 4) is 0 Å². The number of carbonyl (C=O) groups is 2. The molecule has 4 unspecified atom stereocenters. The highest BCUT2D eigenvalue weighted by Gasteiger charge is 2.15. The molecule has 6 N–H and O–H groups in total. The van der Waals surface area contributed by atoms with E-state index < -0.39 is 36.4 Å². The average molecular weight is 861 g/mol. The minimum absolute atomic E-state index is 0.345. The maximum atomic E-state index is 10.3. The van der Waals surface area contributed by atoms with Gasteiger partial charge in [-0.25, -0.2) is 0 Å². The van der Waals surface area contributed by atoms with E-state index in [9.17, 15) is 30.0 Å². The van der Waals surface area contributed by atoms with Gasteiger partial charge in [0.15, 0.2) is 0 Å². The van der Waals surface area contributed by atoms with Crippen LogP contribution in [0, 0.1) is 0 Å². The molecule has 0 aliphatic rings. The number of rotatable bonds is 43. The van der Waals surface area contributed by atoms with Gasteiger partial charge < -0.3 is 30.6 Å². The highest BCUT2D eigenvalue weighted by molar-refractivity contribution is 5.66. The highest BCUT2D eigenvalue weighted by atomic mass is 16.4. The van der Waals surface area contributed by atoms with Crippen molar-refractivity contribution in [3.63, 3.8) is 0 Å². The first-order chi connectivity index (χ1) is 28.7. The summed E-state index contributed by atoms with van der Waals surface area (Å²) in [4.78, 5) is 24.7. The van der Waals surface area contributed by atoms with E-state index in [1.165, 1.54) is 167 Å². The number of aliphatic carboxylic acids is 2. The molecule has 0 amide bonds. The molecule has 0 aliphatic carbocycles. The van der Waals surface area contributed by atoms with Gasteiger partial charge in [0, 0.05) is 52.1 Å². The van der Waals surface area contributed by atoms with Gasteiger partial charge in [0.05, 0.1) is 24.4 Å². The Hall–Kier alpha value is -1.30. The number of hydrogen-bond donors (Lipinski definition) is 6. The number of unbranched alkanes of at least 4 members (excludes halogenated alkanes) is 28. The molecule has 0 aromatic carbocycles. The van der Waals surface area contributed by atoms with E-state index in [4.69, 9.17) is 10.2 Å². The van der Waals surface area contributed by atoms with Crippen LogP contribution in [0.3, 0.4) is 0 Å². The molecule has 0 rings (SSSR count). The van der Waals surface area contributed by atoms with Gasteiger partial charge in [-0.05, 0) is 40.5 Å². The summed E-state index contributed by atoms with van der Waals surface area (Å²) < 4.78 is 0. The lowest BCUT2D eigenvalue weighted by atomic mass is 10.0. The van der Waals surface area contributed by atoms with Gasteiger partial charge in [-0.3, -0.25) is 19.4 Å². The second-order valence-corrected chi connectivity index (χ2v) is 18.1. The molecule has 0 aromatic heterocycles. The Kier molecular flexibility index (Phi) is 52.9. The molecule has 0 aromatic rings. The van der Waals surface area contributed by atoms with Crippen LogP contribution >= 0.6 is 0 Å². The van der Waals surface area contributed by atoms with Crippen LogP contribution in [0.15, 0.2) is 0 Å². The second kappa shape index (κ2) is 50.3. The number of aliphatic hydroxyl groups is 4. The summed E-state index contributed by atoms with van der Waals surface area (Å²) in [7, 11) is 0. The molecule has 10 nitrogen and oxygen atoms in total. The van der Waals surface area contributed by atoms with Gasteiger partial charge in [-0.15, -0.1) is 0 Å². The molecule has 10 heteroatoms. The van der Waals surface area contributed by atoms with E-state index in [0.717, 1.165) is 25.7 Å². The average Bonchev–Trinajstić information content (AvgIpc) is 3.16. The molecule has 0 aliphatic heterocycles. The quantitative estimate of drug-likeness (QED) is 0.0325. The fourth-order valence-electron chi connectivity index (χ4n) is 7.59. The molecule has 60 heavy (non-hydrogen) atoms. The molecule has 0 saturated carbocycles. The standard InChI is InChI=1S/2C18H36O2.C14H32N2O4/c2*1-2-3-4-5-6-7-8-9-10-11-12-13-14-15-16-17-18(19)20;1-11(17)7-15(8-12(2)18)5-6-16(9-13(3)19)10-14(4)20/h2*2-17H2,1H3,(H,19,20);11-14,17-20H,5-10H2,1-4H3. The third kappa shape index (κ3) is 61.0. The monoisotopic (exact) mass is 861 g/mol. The summed E-state index contributed by atoms with van der Waals surface area (Å²) >= 11 is 0. The molecule has 0 saturated heterocycles. The number of carboxylic acids is 2. The van der Waals surface area contributed by atoms with Crippen LogP contribution in [-0.4, -0.2) is 116 Å². The summed E-state index contributed by atoms with van der Waals surface area (Å²) in [5.41, 5.74) is 0. The summed E-state index contributed by atoms with van der Waals surface area (Å²) in [6, 6.07) is 0. The zero-order valence-corrected chi connectivity index (χ0v) is 40.6. The molecule has 0 heterocycles. The minimum Gasteiger partial charge on any atom is -0.481 e. The van der Waals surface area contributed by atoms with Gasteiger partial charge in [-0.1, -0.05) is 194 Å². The van der Waals surface area contributed by atoms with E-state index in [0.29, 0.717) is 52.1 Å². The third-order valence-corrected chi connectivity index (χ3v) is 10.8. The third-order valence-electron chi connectivity index (χ3n) is 10.8. The lowest BCUT2D eigenvalue weighted by molar-refractivity contribution is -0.138. The van der Waals surface area contributed by atoms with Crippen LogP contribution in [0.5, 0.6) is 0 Å². The molecule has 362 valence electrons. The maximum Gasteiger partial charge on any atom is 0.303 e. The molecule has 0 fully saturated rings. The van der Waals surface area contributed by atoms with E-state index in [2.05, 4.69) is 13.8 Å². The number of hydrogen-bond acceptors (Lipinski definition) is 8. The first-order valence-electron chi connectivity index (χ1n) is 25.3. The number of nitrogens with zero attached hydrogens (tertiary/aromatic N) is 2. The van der Waals surface area contributed by atoms with Crippen molar-refractivity contribution < 1.29 is 40.2 Å². The van der Waals surface area contributed by atoms with Crippen molar-refractivity contribution in [2.24, 2.45) is 0 Å². The predicted octanol–water partition coefficient (Wildman–Crippen LogP) is 11.8. The van der Waals surface area contributed by atoms with Gasteiger partial charge in [0.1, 0.15) is 0 Å². The Bertz CT molecular complexity index is 770. The Morgan fingerprint density at radius 1 is 0.333 bits per heavy atom. The SMILES string of the molecule is CC(O)CN(CCN(CC(C)O)CC(C)O)CC(C)O.CCCCCCCCCCCCCCCCCC(=O)O.CCCCCCCCCCCCCCCCCC(=O)O. The maximum absolute atomic E-state index is 10.3. The van der Waals surface area contributed by atoms with Crippen molar-refractivity contribution >= 4 is 11.9 Å². The smallest absolute Gasteiger partial charge is 0.303 e. The first kappa shape index (κ1) is 63.0. The predicted molar refractivity (Wildman–Crippen MR) is 254 cm³/mol. The van der Waals surface area contributed by atoms with E-state index in [-0.39, 0.29) is 0 Å². The van der Waals surface area contributed by atoms with Crippen LogP contribution in [-0.2, 0) is 9.59 Å². The summed E-state index contributed by atoms with van der Waals surface area (Å²) in [5, 5.41) is 54.9. The van der Waals surface area contributed by atoms with E-state index >= 15 is 0 Å². The van der Waals surface area contributed by atoms with Crippen LogP contribution in [0.2, 0.25) is 0 Å². The zero-order chi connectivity index (χ0) is 45.5. The van der Waals surface area contributed by atoms with Crippen molar-refractivity contribution in [1.29, 1.82) is 0 Å². The Morgan fingerprint density at radius 3 is 0.650 bits per heavy atom. The van der Waals surface area contributed by atoms with Gasteiger partial charge in [0.2, 0.25) is 0 Å². The lowest BCUT2D eigenvalue weighted by Gasteiger charge is -2.30. The molecule has 4 atom stereocenters. The van der Waals surface area contributed by atoms with Crippen molar-refractivity contribution in [2.75, 3.05) is 39.3 Å². The summed E-state index contributed by atoms with van der Waals surface area (Å²) in [6.07, 6.45) is 38.6. The summed E-state index contributed by atoms with van der Waals surface area (Å²) in [6.45, 7) is 14.8. The fourth-order valence-corrected chi connectivity index (χ4v) is 7.59. The van der Waals surface area contributed by atoms with Gasteiger partial charge >= 0.3 is 11.9 Å².